The molecule has 1 aromatic rings. The molecule has 1 rings (SSSR count). The molecule has 0 bridgehead atoms. The van der Waals surface area contributed by atoms with Gasteiger partial charge < -0.3 is 15.7 Å². The molecule has 1 unspecified atom stereocenters. The average molecular weight is 278 g/mol. The summed E-state index contributed by atoms with van der Waals surface area (Å²) in [5, 5.41) is 14.2. The van der Waals surface area contributed by atoms with Crippen LogP contribution in [0.15, 0.2) is 24.3 Å². The minimum absolute atomic E-state index is 0.161. The van der Waals surface area contributed by atoms with E-state index in [4.69, 9.17) is 5.11 Å². The zero-order valence-corrected chi connectivity index (χ0v) is 11.5. The van der Waals surface area contributed by atoms with Gasteiger partial charge in [0.2, 0.25) is 11.8 Å². The summed E-state index contributed by atoms with van der Waals surface area (Å²) >= 11 is 0. The van der Waals surface area contributed by atoms with Crippen LogP contribution in [-0.4, -0.2) is 28.9 Å². The van der Waals surface area contributed by atoms with Crippen LogP contribution in [0.5, 0.6) is 0 Å². The van der Waals surface area contributed by atoms with E-state index in [2.05, 4.69) is 10.6 Å². The maximum Gasteiger partial charge on any atom is 0.326 e. The number of carboxylic acid groups (broad SMARTS) is 1. The number of hydrogen-bond donors (Lipinski definition) is 3. The van der Waals surface area contributed by atoms with Crippen LogP contribution in [0.3, 0.4) is 0 Å². The summed E-state index contributed by atoms with van der Waals surface area (Å²) in [5.74, 6) is -1.59. The molecule has 0 heterocycles. The van der Waals surface area contributed by atoms with Crippen molar-refractivity contribution in [2.45, 2.75) is 32.7 Å². The van der Waals surface area contributed by atoms with Gasteiger partial charge in [0, 0.05) is 25.5 Å². The SMILES string of the molecule is CCC(=O)NC(Cc1cccc(NC(C)=O)c1)C(=O)O. The van der Waals surface area contributed by atoms with Gasteiger partial charge in [-0.1, -0.05) is 19.1 Å². The van der Waals surface area contributed by atoms with E-state index in [1.807, 2.05) is 0 Å². The van der Waals surface area contributed by atoms with Gasteiger partial charge in [0.1, 0.15) is 6.04 Å². The van der Waals surface area contributed by atoms with Crippen LogP contribution in [0.2, 0.25) is 0 Å². The molecule has 0 aliphatic heterocycles. The van der Waals surface area contributed by atoms with Crippen molar-refractivity contribution in [1.82, 2.24) is 5.32 Å². The number of aliphatic carboxylic acids is 1. The largest absolute Gasteiger partial charge is 0.480 e. The smallest absolute Gasteiger partial charge is 0.326 e. The van der Waals surface area contributed by atoms with E-state index in [1.165, 1.54) is 6.92 Å². The summed E-state index contributed by atoms with van der Waals surface area (Å²) in [6.07, 6.45) is 0.393. The lowest BCUT2D eigenvalue weighted by Crippen LogP contribution is -2.42. The number of benzene rings is 1. The molecule has 0 saturated heterocycles. The third-order valence-corrected chi connectivity index (χ3v) is 2.64. The zero-order valence-electron chi connectivity index (χ0n) is 11.5. The number of carbonyl (C=O) groups excluding carboxylic acids is 2. The summed E-state index contributed by atoms with van der Waals surface area (Å²) in [5.41, 5.74) is 1.32. The van der Waals surface area contributed by atoms with Gasteiger partial charge in [-0.2, -0.15) is 0 Å². The van der Waals surface area contributed by atoms with Gasteiger partial charge in [-0.05, 0) is 17.7 Å². The standard InChI is InChI=1S/C14H18N2O4/c1-3-13(18)16-12(14(19)20)8-10-5-4-6-11(7-10)15-9(2)17/h4-7,12H,3,8H2,1-2H3,(H,15,17)(H,16,18)(H,19,20). The third kappa shape index (κ3) is 5.09. The van der Waals surface area contributed by atoms with E-state index in [1.54, 1.807) is 31.2 Å². The van der Waals surface area contributed by atoms with E-state index in [0.29, 0.717) is 5.69 Å². The van der Waals surface area contributed by atoms with Crippen LogP contribution in [0.25, 0.3) is 0 Å². The Labute approximate surface area is 117 Å². The van der Waals surface area contributed by atoms with E-state index < -0.39 is 12.0 Å². The number of carbonyl (C=O) groups is 3. The normalized spacial score (nSPS) is 11.5. The fraction of sp³-hybridized carbons (Fsp3) is 0.357. The minimum atomic E-state index is -1.09. The van der Waals surface area contributed by atoms with Crippen molar-refractivity contribution < 1.29 is 19.5 Å². The van der Waals surface area contributed by atoms with Crippen molar-refractivity contribution in [2.75, 3.05) is 5.32 Å². The molecule has 0 fully saturated rings. The van der Waals surface area contributed by atoms with Gasteiger partial charge in [-0.25, -0.2) is 4.79 Å². The lowest BCUT2D eigenvalue weighted by molar-refractivity contribution is -0.141. The Morgan fingerprint density at radius 1 is 1.30 bits per heavy atom. The minimum Gasteiger partial charge on any atom is -0.480 e. The van der Waals surface area contributed by atoms with Gasteiger partial charge >= 0.3 is 5.97 Å². The zero-order chi connectivity index (χ0) is 15.1. The van der Waals surface area contributed by atoms with Gasteiger partial charge in [-0.15, -0.1) is 0 Å². The number of rotatable bonds is 6. The Morgan fingerprint density at radius 2 is 2.00 bits per heavy atom. The average Bonchev–Trinajstić information content (AvgIpc) is 2.37. The number of anilines is 1. The van der Waals surface area contributed by atoms with E-state index in [0.717, 1.165) is 5.56 Å². The summed E-state index contributed by atoms with van der Waals surface area (Å²) in [7, 11) is 0. The highest BCUT2D eigenvalue weighted by molar-refractivity contribution is 5.88. The summed E-state index contributed by atoms with van der Waals surface area (Å²) in [6.45, 7) is 3.06. The molecule has 0 aliphatic carbocycles. The second kappa shape index (κ2) is 7.28. The molecular weight excluding hydrogens is 260 g/mol. The van der Waals surface area contributed by atoms with Crippen LogP contribution >= 0.6 is 0 Å². The van der Waals surface area contributed by atoms with Gasteiger partial charge in [0.15, 0.2) is 0 Å². The highest BCUT2D eigenvalue weighted by Gasteiger charge is 2.19. The van der Waals surface area contributed by atoms with Crippen molar-refractivity contribution in [1.29, 1.82) is 0 Å². The predicted molar refractivity (Wildman–Crippen MR) is 74.3 cm³/mol. The molecule has 0 aromatic heterocycles. The first kappa shape index (κ1) is 15.7. The fourth-order valence-corrected chi connectivity index (χ4v) is 1.71. The van der Waals surface area contributed by atoms with Crippen molar-refractivity contribution in [3.05, 3.63) is 29.8 Å². The molecule has 6 heteroatoms. The first-order valence-corrected chi connectivity index (χ1v) is 6.31. The Balaban J connectivity index is 2.80. The van der Waals surface area contributed by atoms with Crippen molar-refractivity contribution in [2.24, 2.45) is 0 Å². The second-order valence-corrected chi connectivity index (χ2v) is 4.40. The molecule has 0 radical (unpaired) electrons. The lowest BCUT2D eigenvalue weighted by atomic mass is 10.0. The second-order valence-electron chi connectivity index (χ2n) is 4.40. The summed E-state index contributed by atoms with van der Waals surface area (Å²) in [6, 6.07) is 5.90. The Bertz CT molecular complexity index is 514. The number of nitrogens with one attached hydrogen (secondary N) is 2. The predicted octanol–water partition coefficient (Wildman–Crippen LogP) is 1.17. The van der Waals surface area contributed by atoms with Crippen molar-refractivity contribution in [3.63, 3.8) is 0 Å². The van der Waals surface area contributed by atoms with Crippen LogP contribution < -0.4 is 10.6 Å². The molecule has 3 N–H and O–H groups in total. The van der Waals surface area contributed by atoms with Gasteiger partial charge in [0.05, 0.1) is 0 Å². The van der Waals surface area contributed by atoms with Crippen LogP contribution in [-0.2, 0) is 20.8 Å². The first-order chi connectivity index (χ1) is 9.42. The van der Waals surface area contributed by atoms with Crippen molar-refractivity contribution >= 4 is 23.5 Å². The number of amides is 2. The monoisotopic (exact) mass is 278 g/mol. The van der Waals surface area contributed by atoms with Crippen LogP contribution in [0.1, 0.15) is 25.8 Å². The van der Waals surface area contributed by atoms with Crippen LogP contribution in [0, 0.1) is 0 Å². The summed E-state index contributed by atoms with van der Waals surface area (Å²) in [4.78, 5) is 33.4. The molecule has 20 heavy (non-hydrogen) atoms. The molecule has 2 amide bonds. The Kier molecular flexibility index (Phi) is 5.71. The van der Waals surface area contributed by atoms with E-state index in [-0.39, 0.29) is 24.7 Å². The lowest BCUT2D eigenvalue weighted by Gasteiger charge is -2.14. The quantitative estimate of drug-likeness (QED) is 0.727. The Hall–Kier alpha value is -2.37. The molecule has 108 valence electrons. The first-order valence-electron chi connectivity index (χ1n) is 6.31. The highest BCUT2D eigenvalue weighted by atomic mass is 16.4. The topological polar surface area (TPSA) is 95.5 Å². The number of carboxylic acids is 1. The van der Waals surface area contributed by atoms with Gasteiger partial charge in [-0.3, -0.25) is 9.59 Å². The summed E-state index contributed by atoms with van der Waals surface area (Å²) < 4.78 is 0. The maximum absolute atomic E-state index is 11.3. The van der Waals surface area contributed by atoms with Crippen molar-refractivity contribution in [3.8, 4) is 0 Å². The molecule has 0 saturated carbocycles. The molecule has 0 spiro atoms. The highest BCUT2D eigenvalue weighted by Crippen LogP contribution is 2.12. The van der Waals surface area contributed by atoms with E-state index >= 15 is 0 Å². The van der Waals surface area contributed by atoms with Crippen LogP contribution in [0.4, 0.5) is 5.69 Å². The fourth-order valence-electron chi connectivity index (χ4n) is 1.71. The molecule has 1 aromatic carbocycles. The molecular formula is C14H18N2O4. The van der Waals surface area contributed by atoms with E-state index in [9.17, 15) is 14.4 Å². The third-order valence-electron chi connectivity index (χ3n) is 2.64. The molecule has 0 aliphatic rings. The molecule has 1 atom stereocenters. The maximum atomic E-state index is 11.3. The van der Waals surface area contributed by atoms with Gasteiger partial charge in [0.25, 0.3) is 0 Å². The Morgan fingerprint density at radius 3 is 2.55 bits per heavy atom. The number of hydrogen-bond acceptors (Lipinski definition) is 3. The molecule has 6 nitrogen and oxygen atoms in total.